The fraction of sp³-hybridized carbons (Fsp3) is 0.607. The van der Waals surface area contributed by atoms with Gasteiger partial charge in [0.15, 0.2) is 5.78 Å². The van der Waals surface area contributed by atoms with Crippen molar-refractivity contribution in [2.75, 3.05) is 13.2 Å². The maximum absolute atomic E-state index is 13.0. The van der Waals surface area contributed by atoms with Crippen molar-refractivity contribution < 1.29 is 23.8 Å². The highest BCUT2D eigenvalue weighted by atomic mass is 16.5. The van der Waals surface area contributed by atoms with Crippen molar-refractivity contribution in [1.82, 2.24) is 0 Å². The van der Waals surface area contributed by atoms with Gasteiger partial charge >= 0.3 is 5.97 Å². The molecule has 0 atom stereocenters. The van der Waals surface area contributed by atoms with Crippen molar-refractivity contribution in [3.05, 3.63) is 95.6 Å². The fourth-order valence-corrected chi connectivity index (χ4v) is 7.84. The first kappa shape index (κ1) is 51.5. The summed E-state index contributed by atoms with van der Waals surface area (Å²) in [5, 5.41) is 0. The van der Waals surface area contributed by atoms with Gasteiger partial charge in [-0.15, -0.1) is 0 Å². The van der Waals surface area contributed by atoms with E-state index in [2.05, 4.69) is 13.8 Å². The number of esters is 1. The van der Waals surface area contributed by atoms with Crippen molar-refractivity contribution >= 4 is 17.8 Å². The summed E-state index contributed by atoms with van der Waals surface area (Å²) in [6.45, 7) is 5.97. The van der Waals surface area contributed by atoms with E-state index in [1.165, 1.54) is 180 Å². The van der Waals surface area contributed by atoms with Gasteiger partial charge in [0, 0.05) is 5.56 Å². The highest BCUT2D eigenvalue weighted by molar-refractivity contribution is 6.07. The Labute approximate surface area is 372 Å². The van der Waals surface area contributed by atoms with Crippen LogP contribution in [0.1, 0.15) is 233 Å². The molecule has 0 aliphatic rings. The first-order valence-electron chi connectivity index (χ1n) is 25.1. The lowest BCUT2D eigenvalue weighted by atomic mass is 10.0. The molecule has 0 saturated carbocycles. The highest BCUT2D eigenvalue weighted by Gasteiger charge is 2.11. The second-order valence-electron chi connectivity index (χ2n) is 17.3. The number of carbonyl (C=O) groups excluding carboxylic acids is 2. The van der Waals surface area contributed by atoms with Crippen LogP contribution in [-0.2, 0) is 0 Å². The lowest BCUT2D eigenvalue weighted by molar-refractivity contribution is 0.0733. The zero-order chi connectivity index (χ0) is 43.3. The van der Waals surface area contributed by atoms with E-state index >= 15 is 0 Å². The first-order chi connectivity index (χ1) is 30.1. The van der Waals surface area contributed by atoms with Gasteiger partial charge in [0.1, 0.15) is 17.2 Å². The molecule has 0 heterocycles. The van der Waals surface area contributed by atoms with E-state index in [1.54, 1.807) is 48.6 Å². The van der Waals surface area contributed by atoms with Gasteiger partial charge < -0.3 is 14.2 Å². The smallest absolute Gasteiger partial charge is 0.343 e. The van der Waals surface area contributed by atoms with Gasteiger partial charge in [-0.05, 0) is 73.0 Å². The predicted octanol–water partition coefficient (Wildman–Crippen LogP) is 17.3. The Morgan fingerprint density at radius 3 is 1.20 bits per heavy atom. The molecular formula is C56H84O5. The molecule has 3 aromatic rings. The topological polar surface area (TPSA) is 61.8 Å². The van der Waals surface area contributed by atoms with E-state index in [4.69, 9.17) is 14.2 Å². The molecule has 0 amide bonds. The molecule has 338 valence electrons. The molecule has 5 nitrogen and oxygen atoms in total. The summed E-state index contributed by atoms with van der Waals surface area (Å²) in [7, 11) is 0. The van der Waals surface area contributed by atoms with Gasteiger partial charge in [0.25, 0.3) is 0 Å². The van der Waals surface area contributed by atoms with Crippen molar-refractivity contribution in [2.45, 2.75) is 206 Å². The monoisotopic (exact) mass is 837 g/mol. The van der Waals surface area contributed by atoms with Gasteiger partial charge in [-0.1, -0.05) is 224 Å². The summed E-state index contributed by atoms with van der Waals surface area (Å²) < 4.78 is 17.5. The Balaban J connectivity index is 1.21. The van der Waals surface area contributed by atoms with E-state index in [-0.39, 0.29) is 5.78 Å². The van der Waals surface area contributed by atoms with Crippen LogP contribution >= 0.6 is 0 Å². The van der Waals surface area contributed by atoms with Gasteiger partial charge in [0.2, 0.25) is 0 Å². The van der Waals surface area contributed by atoms with Gasteiger partial charge in [-0.3, -0.25) is 4.79 Å². The van der Waals surface area contributed by atoms with Crippen molar-refractivity contribution in [3.63, 3.8) is 0 Å². The number of benzene rings is 3. The summed E-state index contributed by atoms with van der Waals surface area (Å²) in [5.41, 5.74) is 1.79. The maximum atomic E-state index is 13.0. The average Bonchev–Trinajstić information content (AvgIpc) is 3.28. The summed E-state index contributed by atoms with van der Waals surface area (Å²) in [5.74, 6) is 1.28. The van der Waals surface area contributed by atoms with Crippen LogP contribution < -0.4 is 14.2 Å². The number of hydrogen-bond donors (Lipinski definition) is 0. The molecule has 0 aromatic heterocycles. The third-order valence-electron chi connectivity index (χ3n) is 11.8. The molecule has 0 bridgehead atoms. The SMILES string of the molecule is CCCCCCCCCCCCCCCCCCOc1ccc(/C=C/C(=O)c2cccc(OC(=O)c3ccc(OCCCCCCCCCCCCCCCC)cc3)c2)cc1. The van der Waals surface area contributed by atoms with Crippen LogP contribution in [0.25, 0.3) is 6.08 Å². The second-order valence-corrected chi connectivity index (χ2v) is 17.3. The molecule has 3 aromatic carbocycles. The molecule has 0 saturated heterocycles. The van der Waals surface area contributed by atoms with Crippen LogP contribution in [0.4, 0.5) is 0 Å². The molecule has 0 fully saturated rings. The predicted molar refractivity (Wildman–Crippen MR) is 258 cm³/mol. The minimum absolute atomic E-state index is 0.165. The Bertz CT molecular complexity index is 1540. The lowest BCUT2D eigenvalue weighted by Gasteiger charge is -2.08. The lowest BCUT2D eigenvalue weighted by Crippen LogP contribution is -2.09. The number of carbonyl (C=O) groups is 2. The van der Waals surface area contributed by atoms with Crippen molar-refractivity contribution in [1.29, 1.82) is 0 Å². The molecule has 0 aliphatic heterocycles. The summed E-state index contributed by atoms with van der Waals surface area (Å²) in [6, 6.07) is 21.6. The third kappa shape index (κ3) is 26.3. The van der Waals surface area contributed by atoms with Gasteiger partial charge in [-0.2, -0.15) is 0 Å². The highest BCUT2D eigenvalue weighted by Crippen LogP contribution is 2.21. The molecule has 0 aliphatic carbocycles. The summed E-state index contributed by atoms with van der Waals surface area (Å²) in [6.07, 6.45) is 43.7. The zero-order valence-corrected chi connectivity index (χ0v) is 38.8. The standard InChI is InChI=1S/C56H84O5/c1-3-5-7-9-11-13-15-17-19-20-22-24-25-27-29-31-46-59-52-41-36-49(37-42-52)38-45-55(57)51-34-33-35-54(48-51)61-56(58)50-39-43-53(44-40-50)60-47-32-30-28-26-23-21-18-16-14-12-10-8-6-4-2/h33-45,48H,3-32,46-47H2,1-2H3/b45-38+. The number of allylic oxidation sites excluding steroid dienone is 1. The summed E-state index contributed by atoms with van der Waals surface area (Å²) in [4.78, 5) is 25.9. The minimum Gasteiger partial charge on any atom is -0.494 e. The van der Waals surface area contributed by atoms with Crippen LogP contribution in [0.3, 0.4) is 0 Å². The first-order valence-corrected chi connectivity index (χ1v) is 25.1. The quantitative estimate of drug-likeness (QED) is 0.0188. The Morgan fingerprint density at radius 1 is 0.410 bits per heavy atom. The van der Waals surface area contributed by atoms with Crippen molar-refractivity contribution in [2.24, 2.45) is 0 Å². The minimum atomic E-state index is -0.476. The molecule has 5 heteroatoms. The Morgan fingerprint density at radius 2 is 0.787 bits per heavy atom. The molecule has 0 N–H and O–H groups in total. The third-order valence-corrected chi connectivity index (χ3v) is 11.8. The van der Waals surface area contributed by atoms with Crippen LogP contribution in [0.5, 0.6) is 17.2 Å². The molecule has 61 heavy (non-hydrogen) atoms. The molecular weight excluding hydrogens is 753 g/mol. The van der Waals surface area contributed by atoms with Crippen molar-refractivity contribution in [3.8, 4) is 17.2 Å². The largest absolute Gasteiger partial charge is 0.494 e. The second kappa shape index (κ2) is 35.7. The molecule has 3 rings (SSSR count). The van der Waals surface area contributed by atoms with E-state index < -0.39 is 5.97 Å². The van der Waals surface area contributed by atoms with E-state index in [1.807, 2.05) is 36.4 Å². The van der Waals surface area contributed by atoms with Crippen LogP contribution in [0, 0.1) is 0 Å². The number of ether oxygens (including phenoxy) is 3. The van der Waals surface area contributed by atoms with E-state index in [0.717, 1.165) is 36.5 Å². The average molecular weight is 837 g/mol. The fourth-order valence-electron chi connectivity index (χ4n) is 7.84. The number of hydrogen-bond acceptors (Lipinski definition) is 5. The molecule has 0 spiro atoms. The van der Waals surface area contributed by atoms with E-state index in [0.29, 0.717) is 23.5 Å². The van der Waals surface area contributed by atoms with Gasteiger partial charge in [0.05, 0.1) is 18.8 Å². The maximum Gasteiger partial charge on any atom is 0.343 e. The normalized spacial score (nSPS) is 11.3. The Hall–Kier alpha value is -3.86. The zero-order valence-electron chi connectivity index (χ0n) is 38.8. The number of unbranched alkanes of at least 4 members (excludes halogenated alkanes) is 28. The van der Waals surface area contributed by atoms with E-state index in [9.17, 15) is 9.59 Å². The van der Waals surface area contributed by atoms with Gasteiger partial charge in [-0.25, -0.2) is 4.79 Å². The number of ketones is 1. The van der Waals surface area contributed by atoms with Crippen LogP contribution in [0.15, 0.2) is 78.9 Å². The Kier molecular flexibility index (Phi) is 30.1. The number of rotatable bonds is 39. The van der Waals surface area contributed by atoms with Crippen LogP contribution in [-0.4, -0.2) is 25.0 Å². The summed E-state index contributed by atoms with van der Waals surface area (Å²) >= 11 is 0. The molecule has 0 unspecified atom stereocenters. The molecule has 0 radical (unpaired) electrons. The van der Waals surface area contributed by atoms with Crippen LogP contribution in [0.2, 0.25) is 0 Å².